The fourth-order valence-corrected chi connectivity index (χ4v) is 3.81. The van der Waals surface area contributed by atoms with Crippen LogP contribution in [0.2, 0.25) is 0 Å². The number of esters is 1. The molecule has 1 aromatic carbocycles. The molecule has 0 saturated heterocycles. The molecule has 0 aliphatic heterocycles. The lowest BCUT2D eigenvalue weighted by atomic mass is 9.91. The van der Waals surface area contributed by atoms with Crippen LogP contribution in [0.3, 0.4) is 0 Å². The zero-order chi connectivity index (χ0) is 14.1. The Bertz CT molecular complexity index is 577. The van der Waals surface area contributed by atoms with E-state index < -0.39 is 0 Å². The van der Waals surface area contributed by atoms with Crippen LogP contribution in [-0.4, -0.2) is 22.7 Å². The van der Waals surface area contributed by atoms with Crippen molar-refractivity contribution in [2.75, 3.05) is 0 Å². The molecule has 0 saturated carbocycles. The third-order valence-electron chi connectivity index (χ3n) is 3.91. The Balaban J connectivity index is 1.71. The number of allylic oxidation sites excluding steroid dienone is 1. The first-order chi connectivity index (χ1) is 9.65. The van der Waals surface area contributed by atoms with Crippen LogP contribution in [-0.2, 0) is 9.53 Å². The number of hydrogen-bond acceptors (Lipinski definition) is 3. The summed E-state index contributed by atoms with van der Waals surface area (Å²) in [4.78, 5) is 24.0. The lowest BCUT2D eigenvalue weighted by Crippen LogP contribution is -2.28. The Morgan fingerprint density at radius 1 is 1.20 bits per heavy atom. The molecule has 0 fully saturated rings. The highest BCUT2D eigenvalue weighted by Crippen LogP contribution is 2.39. The second kappa shape index (κ2) is 5.52. The molecule has 0 spiro atoms. The van der Waals surface area contributed by atoms with Crippen LogP contribution >= 0.6 is 15.9 Å². The summed E-state index contributed by atoms with van der Waals surface area (Å²) in [6.07, 6.45) is 2.54. The van der Waals surface area contributed by atoms with Crippen molar-refractivity contribution >= 4 is 27.7 Å². The van der Waals surface area contributed by atoms with Gasteiger partial charge in [-0.1, -0.05) is 34.1 Å². The number of alkyl halides is 1. The lowest BCUT2D eigenvalue weighted by Gasteiger charge is -2.27. The van der Waals surface area contributed by atoms with Crippen molar-refractivity contribution in [2.45, 2.75) is 36.6 Å². The van der Waals surface area contributed by atoms with Gasteiger partial charge in [-0.2, -0.15) is 0 Å². The molecule has 1 aromatic rings. The molecular formula is C16H15BrO3. The van der Waals surface area contributed by atoms with Crippen LogP contribution in [0.25, 0.3) is 0 Å². The van der Waals surface area contributed by atoms with Crippen molar-refractivity contribution in [3.8, 4) is 0 Å². The van der Waals surface area contributed by atoms with Gasteiger partial charge >= 0.3 is 5.97 Å². The van der Waals surface area contributed by atoms with E-state index in [-0.39, 0.29) is 22.7 Å². The van der Waals surface area contributed by atoms with Crippen molar-refractivity contribution in [3.05, 3.63) is 47.0 Å². The quantitative estimate of drug-likeness (QED) is 0.614. The molecule has 3 nitrogen and oxygen atoms in total. The molecular weight excluding hydrogens is 320 g/mol. The molecule has 0 heterocycles. The van der Waals surface area contributed by atoms with Gasteiger partial charge in [-0.25, -0.2) is 4.79 Å². The van der Waals surface area contributed by atoms with E-state index in [2.05, 4.69) is 15.9 Å². The van der Waals surface area contributed by atoms with E-state index in [4.69, 9.17) is 4.74 Å². The Hall–Kier alpha value is -1.42. The van der Waals surface area contributed by atoms with Gasteiger partial charge in [-0.3, -0.25) is 4.79 Å². The van der Waals surface area contributed by atoms with Crippen molar-refractivity contribution in [2.24, 2.45) is 0 Å². The standard InChI is InChI=1S/C16H15BrO3/c17-14-9-11(8-13-12(14)6-7-15(13)18)20-16(19)10-4-2-1-3-5-10/h1-5,11,14H,6-9H2. The van der Waals surface area contributed by atoms with Gasteiger partial charge in [0.2, 0.25) is 0 Å². The predicted octanol–water partition coefficient (Wildman–Crippen LogP) is 3.43. The third kappa shape index (κ3) is 2.57. The van der Waals surface area contributed by atoms with Gasteiger partial charge in [-0.05, 0) is 29.7 Å². The van der Waals surface area contributed by atoms with Gasteiger partial charge in [0.1, 0.15) is 6.10 Å². The monoisotopic (exact) mass is 334 g/mol. The van der Waals surface area contributed by atoms with Crippen LogP contribution in [0.15, 0.2) is 41.5 Å². The van der Waals surface area contributed by atoms with Crippen LogP contribution in [0, 0.1) is 0 Å². The lowest BCUT2D eigenvalue weighted by molar-refractivity contribution is -0.115. The summed E-state index contributed by atoms with van der Waals surface area (Å²) in [6, 6.07) is 8.96. The molecule has 0 aromatic heterocycles. The fraction of sp³-hybridized carbons (Fsp3) is 0.375. The second-order valence-corrected chi connectivity index (χ2v) is 6.33. The highest BCUT2D eigenvalue weighted by atomic mass is 79.9. The van der Waals surface area contributed by atoms with Crippen molar-refractivity contribution in [1.82, 2.24) is 0 Å². The van der Waals surface area contributed by atoms with Crippen molar-refractivity contribution in [3.63, 3.8) is 0 Å². The number of carbonyl (C=O) groups excluding carboxylic acids is 2. The number of halogens is 1. The summed E-state index contributed by atoms with van der Waals surface area (Å²) < 4.78 is 5.55. The summed E-state index contributed by atoms with van der Waals surface area (Å²) in [5, 5.41) is 0. The highest BCUT2D eigenvalue weighted by molar-refractivity contribution is 9.09. The zero-order valence-electron chi connectivity index (χ0n) is 11.0. The molecule has 2 atom stereocenters. The molecule has 0 amide bonds. The Morgan fingerprint density at radius 3 is 2.70 bits per heavy atom. The summed E-state index contributed by atoms with van der Waals surface area (Å²) in [5.74, 6) is -0.102. The van der Waals surface area contributed by atoms with Crippen LogP contribution in [0.4, 0.5) is 0 Å². The van der Waals surface area contributed by atoms with Crippen LogP contribution in [0.5, 0.6) is 0 Å². The Kier molecular flexibility index (Phi) is 3.74. The number of Topliss-reactive ketones (excluding diaryl/α,β-unsaturated/α-hetero) is 1. The molecule has 2 aliphatic carbocycles. The van der Waals surface area contributed by atoms with E-state index in [1.54, 1.807) is 12.1 Å². The molecule has 2 unspecified atom stereocenters. The number of benzene rings is 1. The smallest absolute Gasteiger partial charge is 0.338 e. The summed E-state index contributed by atoms with van der Waals surface area (Å²) in [7, 11) is 0. The maximum Gasteiger partial charge on any atom is 0.338 e. The van der Waals surface area contributed by atoms with Crippen LogP contribution in [0.1, 0.15) is 36.0 Å². The summed E-state index contributed by atoms with van der Waals surface area (Å²) in [5.41, 5.74) is 2.64. The molecule has 3 rings (SSSR count). The Morgan fingerprint density at radius 2 is 1.95 bits per heavy atom. The normalized spacial score (nSPS) is 25.6. The SMILES string of the molecule is O=C1CCC2=C1CC(OC(=O)c1ccccc1)CC2Br. The molecule has 104 valence electrons. The minimum Gasteiger partial charge on any atom is -0.458 e. The van der Waals surface area contributed by atoms with Gasteiger partial charge < -0.3 is 4.74 Å². The van der Waals surface area contributed by atoms with Crippen molar-refractivity contribution in [1.29, 1.82) is 0 Å². The average molecular weight is 335 g/mol. The zero-order valence-corrected chi connectivity index (χ0v) is 12.6. The predicted molar refractivity (Wildman–Crippen MR) is 78.9 cm³/mol. The molecule has 4 heteroatoms. The van der Waals surface area contributed by atoms with E-state index in [0.717, 1.165) is 18.4 Å². The average Bonchev–Trinajstić information content (AvgIpc) is 2.82. The highest BCUT2D eigenvalue weighted by Gasteiger charge is 2.36. The topological polar surface area (TPSA) is 43.4 Å². The number of ether oxygens (including phenoxy) is 1. The number of hydrogen-bond donors (Lipinski definition) is 0. The minimum atomic E-state index is -0.315. The first-order valence-electron chi connectivity index (χ1n) is 6.80. The number of ketones is 1. The number of carbonyl (C=O) groups is 2. The molecule has 0 N–H and O–H groups in total. The van der Waals surface area contributed by atoms with E-state index in [1.165, 1.54) is 5.57 Å². The summed E-state index contributed by atoms with van der Waals surface area (Å²) >= 11 is 3.61. The van der Waals surface area contributed by atoms with Gasteiger partial charge in [0.15, 0.2) is 5.78 Å². The molecule has 2 aliphatic rings. The maximum absolute atomic E-state index is 12.1. The first-order valence-corrected chi connectivity index (χ1v) is 7.72. The molecule has 0 radical (unpaired) electrons. The van der Waals surface area contributed by atoms with Gasteiger partial charge in [-0.15, -0.1) is 0 Å². The Labute approximate surface area is 126 Å². The fourth-order valence-electron chi connectivity index (χ4n) is 2.89. The van der Waals surface area contributed by atoms with E-state index in [1.807, 2.05) is 18.2 Å². The second-order valence-electron chi connectivity index (χ2n) is 5.23. The molecule has 20 heavy (non-hydrogen) atoms. The minimum absolute atomic E-state index is 0.159. The third-order valence-corrected chi connectivity index (χ3v) is 4.84. The first kappa shape index (κ1) is 13.6. The van der Waals surface area contributed by atoms with Gasteiger partial charge in [0, 0.05) is 24.1 Å². The van der Waals surface area contributed by atoms with E-state index >= 15 is 0 Å². The summed E-state index contributed by atoms with van der Waals surface area (Å²) in [6.45, 7) is 0. The van der Waals surface area contributed by atoms with E-state index in [9.17, 15) is 9.59 Å². The van der Waals surface area contributed by atoms with Crippen LogP contribution < -0.4 is 0 Å². The van der Waals surface area contributed by atoms with E-state index in [0.29, 0.717) is 18.4 Å². The van der Waals surface area contributed by atoms with Crippen molar-refractivity contribution < 1.29 is 14.3 Å². The molecule has 0 bridgehead atoms. The van der Waals surface area contributed by atoms with Gasteiger partial charge in [0.05, 0.1) is 5.56 Å². The maximum atomic E-state index is 12.1. The van der Waals surface area contributed by atoms with Gasteiger partial charge in [0.25, 0.3) is 0 Å². The number of rotatable bonds is 2. The largest absolute Gasteiger partial charge is 0.458 e.